The first kappa shape index (κ1) is 16.5. The van der Waals surface area contributed by atoms with Crippen LogP contribution in [0.15, 0.2) is 48.7 Å². The van der Waals surface area contributed by atoms with Crippen molar-refractivity contribution < 1.29 is 13.2 Å². The van der Waals surface area contributed by atoms with Gasteiger partial charge in [0.2, 0.25) is 10.8 Å². The van der Waals surface area contributed by atoms with Crippen molar-refractivity contribution in [3.05, 3.63) is 59.8 Å². The summed E-state index contributed by atoms with van der Waals surface area (Å²) in [4.78, 5) is 15.2. The minimum absolute atomic E-state index is 0.151. The van der Waals surface area contributed by atoms with Crippen molar-refractivity contribution in [3.63, 3.8) is 0 Å². The molecule has 0 saturated carbocycles. The summed E-state index contributed by atoms with van der Waals surface area (Å²) in [5.41, 5.74) is 9.73. The van der Waals surface area contributed by atoms with Crippen LogP contribution in [-0.2, 0) is 10.8 Å². The number of rotatable bonds is 4. The number of hydrogen-bond donors (Lipinski definition) is 3. The first-order valence-electron chi connectivity index (χ1n) is 9.30. The largest absolute Gasteiger partial charge is 0.366 e. The van der Waals surface area contributed by atoms with E-state index in [1.54, 1.807) is 6.07 Å². The zero-order valence-electron chi connectivity index (χ0n) is 15.7. The number of H-pyrrole nitrogens is 1. The van der Waals surface area contributed by atoms with Crippen molar-refractivity contribution in [3.8, 4) is 11.1 Å². The van der Waals surface area contributed by atoms with E-state index >= 15 is 0 Å². The van der Waals surface area contributed by atoms with Crippen molar-refractivity contribution in [2.24, 2.45) is 5.73 Å². The number of hydrogen-bond acceptors (Lipinski definition) is 3. The predicted octanol–water partition coefficient (Wildman–Crippen LogP) is 2.64. The lowest BCUT2D eigenvalue weighted by Crippen LogP contribution is -2.31. The second-order valence-electron chi connectivity index (χ2n) is 6.84. The van der Waals surface area contributed by atoms with Crippen molar-refractivity contribution >= 4 is 27.6 Å². The fourth-order valence-corrected chi connectivity index (χ4v) is 4.41. The lowest BCUT2D eigenvalue weighted by Gasteiger charge is -2.27. The Hall–Kier alpha value is -2.64. The summed E-state index contributed by atoms with van der Waals surface area (Å²) in [6, 6.07) is 13.6. The second-order valence-corrected chi connectivity index (χ2v) is 7.79. The minimum atomic E-state index is -3.91. The number of carbonyl (C=O) groups is 1. The zero-order valence-corrected chi connectivity index (χ0v) is 15.5. The van der Waals surface area contributed by atoms with E-state index in [1.807, 2.05) is 36.5 Å². The summed E-state index contributed by atoms with van der Waals surface area (Å²) in [5, 5.41) is 0.933. The van der Waals surface area contributed by atoms with Crippen LogP contribution in [0, 0.1) is 0 Å². The zero-order chi connectivity index (χ0) is 19.9. The van der Waals surface area contributed by atoms with Gasteiger partial charge in [-0.1, -0.05) is 30.3 Å². The van der Waals surface area contributed by atoms with Gasteiger partial charge >= 0.3 is 0 Å². The van der Waals surface area contributed by atoms with E-state index in [0.29, 0.717) is 37.0 Å². The average Bonchev–Trinajstić information content (AvgIpc) is 3.11. The van der Waals surface area contributed by atoms with Gasteiger partial charge in [-0.25, -0.2) is 12.7 Å². The minimum Gasteiger partial charge on any atom is -0.366 e. The Bertz CT molecular complexity index is 1130. The number of carbonyl (C=O) groups excluding carboxylic acids is 1. The Morgan fingerprint density at radius 3 is 2.48 bits per heavy atom. The molecule has 0 bridgehead atoms. The van der Waals surface area contributed by atoms with E-state index in [0.717, 1.165) is 22.1 Å². The molecule has 3 aromatic rings. The molecule has 1 aliphatic heterocycles. The standard InChI is InChI=1S/C20H21N3O3S/c21-20(24)17-11-15(13-4-2-1-3-5-13)10-16-18(12-22-19(16)17)14-6-8-23(9-7-14)27(25)26/h1-5,10-12,14,22,27H,6-9H2,(H2,21,24)/i27T. The first-order chi connectivity index (χ1) is 13.3. The molecule has 1 aromatic heterocycles. The summed E-state index contributed by atoms with van der Waals surface area (Å²) < 4.78 is 31.3. The summed E-state index contributed by atoms with van der Waals surface area (Å²) >= 11 is 0. The summed E-state index contributed by atoms with van der Waals surface area (Å²) in [6.45, 7) is 0.647. The number of benzene rings is 2. The first-order valence-corrected chi connectivity index (χ1v) is 9.92. The van der Waals surface area contributed by atoms with Crippen LogP contribution in [0.25, 0.3) is 22.0 Å². The molecule has 0 spiro atoms. The molecule has 7 heteroatoms. The van der Waals surface area contributed by atoms with Gasteiger partial charge in [0.1, 0.15) is 0 Å². The molecular weight excluding hydrogens is 362 g/mol. The summed E-state index contributed by atoms with van der Waals surface area (Å²) in [5.74, 6) is -0.343. The highest BCUT2D eigenvalue weighted by molar-refractivity contribution is 7.69. The highest BCUT2D eigenvalue weighted by Gasteiger charge is 2.25. The van der Waals surface area contributed by atoms with Crippen LogP contribution in [-0.4, -0.2) is 37.8 Å². The van der Waals surface area contributed by atoms with Crippen LogP contribution in [0.3, 0.4) is 0 Å². The van der Waals surface area contributed by atoms with Crippen molar-refractivity contribution in [2.45, 2.75) is 18.8 Å². The number of nitrogens with two attached hydrogens (primary N) is 1. The highest BCUT2D eigenvalue weighted by atomic mass is 32.2. The molecule has 140 valence electrons. The van der Waals surface area contributed by atoms with Crippen LogP contribution in [0.1, 0.15) is 34.7 Å². The Labute approximate surface area is 160 Å². The molecule has 1 aliphatic rings. The quantitative estimate of drug-likeness (QED) is 0.603. The molecule has 1 saturated heterocycles. The molecule has 0 atom stereocenters. The Balaban J connectivity index is 1.76. The van der Waals surface area contributed by atoms with Gasteiger partial charge in [-0.3, -0.25) is 4.79 Å². The van der Waals surface area contributed by atoms with Gasteiger partial charge < -0.3 is 10.7 Å². The average molecular weight is 385 g/mol. The lowest BCUT2D eigenvalue weighted by atomic mass is 9.88. The van der Waals surface area contributed by atoms with E-state index in [4.69, 9.17) is 6.86 Å². The van der Waals surface area contributed by atoms with E-state index in [9.17, 15) is 13.2 Å². The van der Waals surface area contributed by atoms with Gasteiger partial charge in [0.25, 0.3) is 5.91 Å². The maximum Gasteiger partial charge on any atom is 0.250 e. The van der Waals surface area contributed by atoms with Crippen molar-refractivity contribution in [1.82, 2.24) is 9.29 Å². The number of amides is 1. The highest BCUT2D eigenvalue weighted by Crippen LogP contribution is 2.36. The number of aromatic amines is 1. The fourth-order valence-electron chi connectivity index (χ4n) is 3.90. The van der Waals surface area contributed by atoms with Crippen LogP contribution in [0.2, 0.25) is 0 Å². The normalized spacial score (nSPS) is 17.1. The molecule has 0 radical (unpaired) electrons. The molecule has 0 unspecified atom stereocenters. The molecule has 2 aromatic carbocycles. The third kappa shape index (κ3) is 3.36. The summed E-state index contributed by atoms with van der Waals surface area (Å²) in [7, 11) is -3.91. The number of piperidine rings is 1. The molecular formula is C20H21N3O3S. The maximum atomic E-state index is 12.0. The molecule has 1 fully saturated rings. The van der Waals surface area contributed by atoms with E-state index in [2.05, 4.69) is 11.1 Å². The van der Waals surface area contributed by atoms with Gasteiger partial charge in [0.15, 0.2) is 1.12 Å². The molecule has 2 heterocycles. The van der Waals surface area contributed by atoms with Gasteiger partial charge in [-0.05, 0) is 47.6 Å². The van der Waals surface area contributed by atoms with Gasteiger partial charge in [-0.15, -0.1) is 0 Å². The molecule has 0 aliphatic carbocycles. The van der Waals surface area contributed by atoms with Crippen LogP contribution >= 0.6 is 0 Å². The molecule has 3 N–H and O–H groups in total. The summed E-state index contributed by atoms with van der Waals surface area (Å²) in [6.07, 6.45) is 3.15. The number of fused-ring (bicyclic) bond motifs is 1. The Morgan fingerprint density at radius 2 is 1.85 bits per heavy atom. The molecule has 27 heavy (non-hydrogen) atoms. The van der Waals surface area contributed by atoms with E-state index in [-0.39, 0.29) is 5.92 Å². The molecule has 4 rings (SSSR count). The number of nitrogens with zero attached hydrogens (tertiary/aromatic N) is 1. The van der Waals surface area contributed by atoms with Gasteiger partial charge in [0.05, 0.1) is 11.1 Å². The second kappa shape index (κ2) is 7.17. The van der Waals surface area contributed by atoms with E-state index in [1.165, 1.54) is 4.31 Å². The van der Waals surface area contributed by atoms with E-state index < -0.39 is 16.7 Å². The third-order valence-electron chi connectivity index (χ3n) is 5.30. The lowest BCUT2D eigenvalue weighted by molar-refractivity contribution is 0.100. The van der Waals surface area contributed by atoms with Crippen LogP contribution in [0.4, 0.5) is 0 Å². The van der Waals surface area contributed by atoms with Crippen molar-refractivity contribution in [2.75, 3.05) is 13.1 Å². The number of thiol groups is 1. The SMILES string of the molecule is [3H]S(=O)(=O)N1CCC(c2c[nH]c3c(C(N)=O)cc(-c4ccccc4)cc23)CC1. The smallest absolute Gasteiger partial charge is 0.250 e. The number of nitrogens with one attached hydrogen (secondary N) is 1. The van der Waals surface area contributed by atoms with Crippen molar-refractivity contribution in [1.29, 1.82) is 1.12 Å². The fraction of sp³-hybridized carbons (Fsp3) is 0.250. The maximum absolute atomic E-state index is 12.0. The van der Waals surface area contributed by atoms with Gasteiger partial charge in [-0.2, -0.15) is 0 Å². The number of aromatic nitrogens is 1. The van der Waals surface area contributed by atoms with Crippen LogP contribution in [0.5, 0.6) is 0 Å². The number of primary amides is 1. The van der Waals surface area contributed by atoms with Gasteiger partial charge in [0, 0.05) is 24.7 Å². The third-order valence-corrected chi connectivity index (χ3v) is 6.09. The monoisotopic (exact) mass is 385 g/mol. The predicted molar refractivity (Wildman–Crippen MR) is 106 cm³/mol. The molecule has 1 amide bonds. The Kier molecular flexibility index (Phi) is 4.39. The Morgan fingerprint density at radius 1 is 1.15 bits per heavy atom. The van der Waals surface area contributed by atoms with Crippen LogP contribution < -0.4 is 5.73 Å². The molecule has 6 nitrogen and oxygen atoms in total. The topological polar surface area (TPSA) is 96.3 Å².